The zero-order valence-corrected chi connectivity index (χ0v) is 7.55. The van der Waals surface area contributed by atoms with E-state index in [-0.39, 0.29) is 5.02 Å². The van der Waals surface area contributed by atoms with E-state index in [0.717, 1.165) is 12.1 Å². The van der Waals surface area contributed by atoms with Gasteiger partial charge in [0.2, 0.25) is 0 Å². The summed E-state index contributed by atoms with van der Waals surface area (Å²) in [7, 11) is 0. The summed E-state index contributed by atoms with van der Waals surface area (Å²) >= 11 is 5.42. The van der Waals surface area contributed by atoms with Gasteiger partial charge in [0.1, 0.15) is 6.04 Å². The lowest BCUT2D eigenvalue weighted by Gasteiger charge is -2.08. The van der Waals surface area contributed by atoms with Crippen LogP contribution in [0.3, 0.4) is 0 Å². The molecule has 3 nitrogen and oxygen atoms in total. The summed E-state index contributed by atoms with van der Waals surface area (Å²) < 4.78 is 25.8. The molecule has 1 unspecified atom stereocenters. The van der Waals surface area contributed by atoms with Crippen LogP contribution in [0.15, 0.2) is 12.1 Å². The molecule has 76 valence electrons. The van der Waals surface area contributed by atoms with Crippen molar-refractivity contribution in [3.8, 4) is 0 Å². The number of nitrogens with two attached hydrogens (primary N) is 1. The Morgan fingerprint density at radius 3 is 2.57 bits per heavy atom. The van der Waals surface area contributed by atoms with E-state index in [9.17, 15) is 13.6 Å². The molecule has 6 heteroatoms. The first-order valence-corrected chi connectivity index (χ1v) is 3.94. The van der Waals surface area contributed by atoms with Gasteiger partial charge in [0.05, 0.1) is 0 Å². The fourth-order valence-electron chi connectivity index (χ4n) is 0.935. The number of halogens is 3. The smallest absolute Gasteiger partial charge is 0.325 e. The number of hydrogen-bond donors (Lipinski definition) is 2. The van der Waals surface area contributed by atoms with E-state index in [1.807, 2.05) is 0 Å². The molecular formula is C8H6ClF2NO2. The molecule has 0 aliphatic carbocycles. The molecule has 0 saturated carbocycles. The lowest BCUT2D eigenvalue weighted by Crippen LogP contribution is -2.22. The van der Waals surface area contributed by atoms with Gasteiger partial charge < -0.3 is 10.8 Å². The van der Waals surface area contributed by atoms with Crippen molar-refractivity contribution in [2.24, 2.45) is 5.73 Å². The summed E-state index contributed by atoms with van der Waals surface area (Å²) in [5.41, 5.74) is 4.64. The molecule has 0 heterocycles. The van der Waals surface area contributed by atoms with Crippen LogP contribution in [0, 0.1) is 11.6 Å². The Morgan fingerprint density at radius 1 is 1.50 bits per heavy atom. The van der Waals surface area contributed by atoms with Crippen LogP contribution in [0.4, 0.5) is 8.78 Å². The minimum atomic E-state index is -1.62. The second-order valence-corrected chi connectivity index (χ2v) is 3.04. The number of carboxylic acid groups (broad SMARTS) is 1. The highest BCUT2D eigenvalue weighted by Gasteiger charge is 2.21. The predicted molar refractivity (Wildman–Crippen MR) is 45.9 cm³/mol. The van der Waals surface area contributed by atoms with Gasteiger partial charge in [-0.3, -0.25) is 4.79 Å². The third kappa shape index (κ3) is 2.00. The number of benzene rings is 1. The standard InChI is InChI=1S/C8H6ClF2NO2/c9-3-1-4(7(12)8(13)14)6(11)5(10)2-3/h1-2,7H,12H2,(H,13,14). The van der Waals surface area contributed by atoms with Gasteiger partial charge in [-0.05, 0) is 12.1 Å². The molecule has 0 aliphatic heterocycles. The first-order chi connectivity index (χ1) is 6.43. The zero-order chi connectivity index (χ0) is 10.9. The van der Waals surface area contributed by atoms with Crippen molar-refractivity contribution < 1.29 is 18.7 Å². The monoisotopic (exact) mass is 221 g/mol. The van der Waals surface area contributed by atoms with E-state index in [0.29, 0.717) is 0 Å². The van der Waals surface area contributed by atoms with E-state index in [1.54, 1.807) is 0 Å². The van der Waals surface area contributed by atoms with Crippen LogP contribution in [-0.2, 0) is 4.79 Å². The molecule has 0 aromatic heterocycles. The van der Waals surface area contributed by atoms with Crippen LogP contribution < -0.4 is 5.73 Å². The van der Waals surface area contributed by atoms with Crippen molar-refractivity contribution in [3.63, 3.8) is 0 Å². The van der Waals surface area contributed by atoms with Gasteiger partial charge in [-0.1, -0.05) is 11.6 Å². The number of rotatable bonds is 2. The molecule has 1 atom stereocenters. The molecule has 3 N–H and O–H groups in total. The van der Waals surface area contributed by atoms with Gasteiger partial charge in [0, 0.05) is 10.6 Å². The van der Waals surface area contributed by atoms with E-state index in [1.165, 1.54) is 0 Å². The van der Waals surface area contributed by atoms with E-state index < -0.39 is 29.2 Å². The first kappa shape index (κ1) is 10.9. The second-order valence-electron chi connectivity index (χ2n) is 2.61. The molecule has 1 aromatic carbocycles. The Balaban J connectivity index is 3.26. The summed E-state index contributed by atoms with van der Waals surface area (Å²) in [6.07, 6.45) is 0. The SMILES string of the molecule is NC(C(=O)O)c1cc(Cl)cc(F)c1F. The first-order valence-electron chi connectivity index (χ1n) is 3.56. The number of aliphatic carboxylic acids is 1. The molecule has 0 spiro atoms. The van der Waals surface area contributed by atoms with Crippen molar-refractivity contribution in [3.05, 3.63) is 34.4 Å². The largest absolute Gasteiger partial charge is 0.480 e. The highest BCUT2D eigenvalue weighted by Crippen LogP contribution is 2.22. The summed E-state index contributed by atoms with van der Waals surface area (Å²) in [4.78, 5) is 10.4. The second kappa shape index (κ2) is 3.89. The van der Waals surface area contributed by atoms with Gasteiger partial charge in [0.25, 0.3) is 0 Å². The number of carbonyl (C=O) groups is 1. The Labute approximate surface area is 83.1 Å². The number of hydrogen-bond acceptors (Lipinski definition) is 2. The Kier molecular flexibility index (Phi) is 3.03. The van der Waals surface area contributed by atoms with Crippen LogP contribution in [0.1, 0.15) is 11.6 Å². The topological polar surface area (TPSA) is 63.3 Å². The van der Waals surface area contributed by atoms with Crippen molar-refractivity contribution in [2.45, 2.75) is 6.04 Å². The lowest BCUT2D eigenvalue weighted by molar-refractivity contribution is -0.138. The molecule has 14 heavy (non-hydrogen) atoms. The third-order valence-electron chi connectivity index (χ3n) is 1.62. The van der Waals surface area contributed by atoms with Crippen LogP contribution in [0.2, 0.25) is 5.02 Å². The summed E-state index contributed by atoms with van der Waals surface area (Å²) in [5, 5.41) is 8.38. The maximum Gasteiger partial charge on any atom is 0.325 e. The molecule has 0 saturated heterocycles. The summed E-state index contributed by atoms with van der Waals surface area (Å²) in [6.45, 7) is 0. The molecule has 0 amide bonds. The van der Waals surface area contributed by atoms with Crippen LogP contribution in [0.25, 0.3) is 0 Å². The Morgan fingerprint density at radius 2 is 2.07 bits per heavy atom. The molecule has 0 aliphatic rings. The van der Waals surface area contributed by atoms with E-state index in [4.69, 9.17) is 22.4 Å². The van der Waals surface area contributed by atoms with Gasteiger partial charge in [-0.2, -0.15) is 0 Å². The molecular weight excluding hydrogens is 216 g/mol. The van der Waals surface area contributed by atoms with Gasteiger partial charge >= 0.3 is 5.97 Å². The van der Waals surface area contributed by atoms with Gasteiger partial charge in [-0.15, -0.1) is 0 Å². The highest BCUT2D eigenvalue weighted by atomic mass is 35.5. The fraction of sp³-hybridized carbons (Fsp3) is 0.125. The predicted octanol–water partition coefficient (Wildman–Crippen LogP) is 1.70. The average molecular weight is 222 g/mol. The van der Waals surface area contributed by atoms with Gasteiger partial charge in [-0.25, -0.2) is 8.78 Å². The third-order valence-corrected chi connectivity index (χ3v) is 1.84. The average Bonchev–Trinajstić information content (AvgIpc) is 2.09. The van der Waals surface area contributed by atoms with Crippen molar-refractivity contribution in [2.75, 3.05) is 0 Å². The number of carboxylic acids is 1. The quantitative estimate of drug-likeness (QED) is 0.748. The lowest BCUT2D eigenvalue weighted by atomic mass is 10.1. The maximum absolute atomic E-state index is 13.0. The molecule has 0 bridgehead atoms. The zero-order valence-electron chi connectivity index (χ0n) is 6.80. The molecule has 1 aromatic rings. The minimum absolute atomic E-state index is 0.101. The van der Waals surface area contributed by atoms with Crippen LogP contribution >= 0.6 is 11.6 Å². The fourth-order valence-corrected chi connectivity index (χ4v) is 1.15. The molecule has 0 fully saturated rings. The van der Waals surface area contributed by atoms with Gasteiger partial charge in [0.15, 0.2) is 11.6 Å². The van der Waals surface area contributed by atoms with E-state index in [2.05, 4.69) is 0 Å². The highest BCUT2D eigenvalue weighted by molar-refractivity contribution is 6.30. The Bertz CT molecular complexity index is 384. The summed E-state index contributed by atoms with van der Waals surface area (Å²) in [6, 6.07) is 0.108. The maximum atomic E-state index is 13.0. The Hall–Kier alpha value is -1.20. The van der Waals surface area contributed by atoms with Crippen molar-refractivity contribution in [1.82, 2.24) is 0 Å². The van der Waals surface area contributed by atoms with E-state index >= 15 is 0 Å². The van der Waals surface area contributed by atoms with Crippen molar-refractivity contribution in [1.29, 1.82) is 0 Å². The van der Waals surface area contributed by atoms with Crippen molar-refractivity contribution >= 4 is 17.6 Å². The van der Waals surface area contributed by atoms with Crippen LogP contribution in [-0.4, -0.2) is 11.1 Å². The van der Waals surface area contributed by atoms with Crippen LogP contribution in [0.5, 0.6) is 0 Å². The molecule has 1 rings (SSSR count). The normalized spacial score (nSPS) is 12.6. The molecule has 0 radical (unpaired) electrons. The summed E-state index contributed by atoms with van der Waals surface area (Å²) in [5.74, 6) is -3.96. The minimum Gasteiger partial charge on any atom is -0.480 e.